The highest BCUT2D eigenvalue weighted by Crippen LogP contribution is 2.31. The van der Waals surface area contributed by atoms with Crippen LogP contribution in [-0.4, -0.2) is 46.4 Å². The van der Waals surface area contributed by atoms with Gasteiger partial charge in [-0.2, -0.15) is 0 Å². The lowest BCUT2D eigenvalue weighted by Gasteiger charge is -2.33. The summed E-state index contributed by atoms with van der Waals surface area (Å²) in [5.41, 5.74) is 0. The molecule has 1 aliphatic carbocycles. The van der Waals surface area contributed by atoms with Crippen LogP contribution in [0.3, 0.4) is 0 Å². The first-order chi connectivity index (χ1) is 10.8. The average Bonchev–Trinajstić information content (AvgIpc) is 2.89. The maximum Gasteiger partial charge on any atom is 0.308 e. The van der Waals surface area contributed by atoms with E-state index in [2.05, 4.69) is 12.2 Å². The molecule has 2 amide bonds. The van der Waals surface area contributed by atoms with Gasteiger partial charge in [0.25, 0.3) is 0 Å². The summed E-state index contributed by atoms with van der Waals surface area (Å²) in [7, 11) is 0. The van der Waals surface area contributed by atoms with E-state index < -0.39 is 17.9 Å². The Labute approximate surface area is 137 Å². The minimum atomic E-state index is -0.932. The molecule has 0 spiro atoms. The van der Waals surface area contributed by atoms with E-state index in [0.29, 0.717) is 6.54 Å². The fourth-order valence-corrected chi connectivity index (χ4v) is 3.50. The lowest BCUT2D eigenvalue weighted by molar-refractivity contribution is -0.142. The molecule has 23 heavy (non-hydrogen) atoms. The van der Waals surface area contributed by atoms with Gasteiger partial charge >= 0.3 is 5.97 Å². The molecule has 1 saturated heterocycles. The third-order valence-electron chi connectivity index (χ3n) is 5.46. The van der Waals surface area contributed by atoms with Crippen molar-refractivity contribution in [3.05, 3.63) is 0 Å². The van der Waals surface area contributed by atoms with E-state index in [4.69, 9.17) is 5.11 Å². The Morgan fingerprint density at radius 2 is 1.83 bits per heavy atom. The van der Waals surface area contributed by atoms with Crippen LogP contribution in [0.2, 0.25) is 0 Å². The molecule has 3 unspecified atom stereocenters. The van der Waals surface area contributed by atoms with Crippen molar-refractivity contribution in [3.8, 4) is 0 Å². The standard InChI is InChI=1S/C17H28N2O4/c1-10-4-6-14(7-5-10)19-9-13(8-15(19)20)16(21)18-12(3)11(2)17(22)23/h10-14H,4-9H2,1-3H3,(H,18,21)(H,22,23). The zero-order chi connectivity index (χ0) is 17.1. The first kappa shape index (κ1) is 17.8. The fraction of sp³-hybridized carbons (Fsp3) is 0.824. The first-order valence-corrected chi connectivity index (χ1v) is 8.62. The molecule has 0 aromatic heterocycles. The Balaban J connectivity index is 1.89. The Hall–Kier alpha value is -1.59. The van der Waals surface area contributed by atoms with E-state index in [9.17, 15) is 14.4 Å². The highest BCUT2D eigenvalue weighted by molar-refractivity contribution is 5.89. The van der Waals surface area contributed by atoms with Crippen molar-refractivity contribution in [1.29, 1.82) is 0 Å². The van der Waals surface area contributed by atoms with Crippen LogP contribution in [0.15, 0.2) is 0 Å². The highest BCUT2D eigenvalue weighted by atomic mass is 16.4. The third-order valence-corrected chi connectivity index (χ3v) is 5.46. The first-order valence-electron chi connectivity index (χ1n) is 8.62. The summed E-state index contributed by atoms with van der Waals surface area (Å²) in [6, 6.07) is -0.174. The van der Waals surface area contributed by atoms with Crippen LogP contribution < -0.4 is 5.32 Å². The van der Waals surface area contributed by atoms with Crippen LogP contribution in [0.4, 0.5) is 0 Å². The number of carboxylic acids is 1. The molecule has 2 fully saturated rings. The number of carbonyl (C=O) groups is 3. The number of nitrogens with one attached hydrogen (secondary N) is 1. The number of carboxylic acid groups (broad SMARTS) is 1. The zero-order valence-corrected chi connectivity index (χ0v) is 14.2. The molecule has 0 aromatic rings. The van der Waals surface area contributed by atoms with Crippen molar-refractivity contribution in [2.45, 2.75) is 65.0 Å². The largest absolute Gasteiger partial charge is 0.481 e. The smallest absolute Gasteiger partial charge is 0.308 e. The van der Waals surface area contributed by atoms with E-state index >= 15 is 0 Å². The van der Waals surface area contributed by atoms with Gasteiger partial charge in [-0.05, 0) is 45.4 Å². The van der Waals surface area contributed by atoms with Crippen molar-refractivity contribution in [2.24, 2.45) is 17.8 Å². The van der Waals surface area contributed by atoms with Crippen LogP contribution in [0.1, 0.15) is 52.9 Å². The topological polar surface area (TPSA) is 86.7 Å². The Kier molecular flexibility index (Phi) is 5.65. The molecule has 6 nitrogen and oxygen atoms in total. The van der Waals surface area contributed by atoms with E-state index in [1.807, 2.05) is 4.90 Å². The number of amides is 2. The summed E-state index contributed by atoms with van der Waals surface area (Å²) in [6.45, 7) is 5.97. The summed E-state index contributed by atoms with van der Waals surface area (Å²) >= 11 is 0. The molecule has 0 aromatic carbocycles. The van der Waals surface area contributed by atoms with E-state index in [1.54, 1.807) is 13.8 Å². The zero-order valence-electron chi connectivity index (χ0n) is 14.2. The minimum absolute atomic E-state index is 0.0589. The van der Waals surface area contributed by atoms with Gasteiger partial charge in [0, 0.05) is 25.0 Å². The highest BCUT2D eigenvalue weighted by Gasteiger charge is 2.39. The lowest BCUT2D eigenvalue weighted by Crippen LogP contribution is -2.44. The van der Waals surface area contributed by atoms with Crippen molar-refractivity contribution in [3.63, 3.8) is 0 Å². The Morgan fingerprint density at radius 1 is 1.22 bits per heavy atom. The van der Waals surface area contributed by atoms with Crippen molar-refractivity contribution in [2.75, 3.05) is 6.54 Å². The second-order valence-electron chi connectivity index (χ2n) is 7.29. The molecule has 1 heterocycles. The molecule has 2 rings (SSSR count). The number of nitrogens with zero attached hydrogens (tertiary/aromatic N) is 1. The summed E-state index contributed by atoms with van der Waals surface area (Å²) in [5, 5.41) is 11.7. The predicted octanol–water partition coefficient (Wildman–Crippen LogP) is 1.64. The van der Waals surface area contributed by atoms with Gasteiger partial charge in [0.05, 0.1) is 11.8 Å². The molecule has 2 N–H and O–H groups in total. The van der Waals surface area contributed by atoms with Crippen LogP contribution in [0.5, 0.6) is 0 Å². The number of hydrogen-bond donors (Lipinski definition) is 2. The van der Waals surface area contributed by atoms with Gasteiger partial charge in [0.15, 0.2) is 0 Å². The molecular weight excluding hydrogens is 296 g/mol. The van der Waals surface area contributed by atoms with Crippen LogP contribution in [-0.2, 0) is 14.4 Å². The molecule has 0 bridgehead atoms. The second kappa shape index (κ2) is 7.32. The van der Waals surface area contributed by atoms with Crippen molar-refractivity contribution in [1.82, 2.24) is 10.2 Å². The molecule has 3 atom stereocenters. The van der Waals surface area contributed by atoms with Crippen molar-refractivity contribution < 1.29 is 19.5 Å². The van der Waals surface area contributed by atoms with Gasteiger partial charge in [-0.3, -0.25) is 14.4 Å². The monoisotopic (exact) mass is 324 g/mol. The van der Waals surface area contributed by atoms with Crippen LogP contribution in [0, 0.1) is 17.8 Å². The maximum atomic E-state index is 12.3. The molecule has 2 aliphatic rings. The quantitative estimate of drug-likeness (QED) is 0.805. The van der Waals surface area contributed by atoms with Crippen molar-refractivity contribution >= 4 is 17.8 Å². The van der Waals surface area contributed by atoms with Gasteiger partial charge in [0.1, 0.15) is 0 Å². The Morgan fingerprint density at radius 3 is 2.39 bits per heavy atom. The van der Waals surface area contributed by atoms with E-state index in [-0.39, 0.29) is 30.2 Å². The molecular formula is C17H28N2O4. The summed E-state index contributed by atoms with van der Waals surface area (Å²) in [4.78, 5) is 37.4. The molecule has 6 heteroatoms. The number of likely N-dealkylation sites (tertiary alicyclic amines) is 1. The molecule has 1 aliphatic heterocycles. The second-order valence-corrected chi connectivity index (χ2v) is 7.29. The van der Waals surface area contributed by atoms with Gasteiger partial charge in [-0.25, -0.2) is 0 Å². The number of aliphatic carboxylic acids is 1. The lowest BCUT2D eigenvalue weighted by atomic mass is 9.86. The number of hydrogen-bond acceptors (Lipinski definition) is 3. The minimum Gasteiger partial charge on any atom is -0.481 e. The van der Waals surface area contributed by atoms with Gasteiger partial charge in [-0.15, -0.1) is 0 Å². The molecule has 1 saturated carbocycles. The summed E-state index contributed by atoms with van der Waals surface area (Å²) < 4.78 is 0. The van der Waals surface area contributed by atoms with Gasteiger partial charge in [-0.1, -0.05) is 6.92 Å². The predicted molar refractivity (Wildman–Crippen MR) is 85.6 cm³/mol. The Bertz CT molecular complexity index is 471. The average molecular weight is 324 g/mol. The number of carbonyl (C=O) groups excluding carboxylic acids is 2. The number of rotatable bonds is 5. The van der Waals surface area contributed by atoms with Crippen LogP contribution >= 0.6 is 0 Å². The summed E-state index contributed by atoms with van der Waals surface area (Å²) in [5.74, 6) is -1.36. The van der Waals surface area contributed by atoms with Gasteiger partial charge in [0.2, 0.25) is 11.8 Å². The fourth-order valence-electron chi connectivity index (χ4n) is 3.50. The SMILES string of the molecule is CC1CCC(N2CC(C(=O)NC(C)C(C)C(=O)O)CC2=O)CC1. The maximum absolute atomic E-state index is 12.3. The third kappa shape index (κ3) is 4.24. The summed E-state index contributed by atoms with van der Waals surface area (Å²) in [6.07, 6.45) is 4.56. The normalized spacial score (nSPS) is 30.8. The van der Waals surface area contributed by atoms with E-state index in [1.165, 1.54) is 0 Å². The van der Waals surface area contributed by atoms with Gasteiger partial charge < -0.3 is 15.3 Å². The van der Waals surface area contributed by atoms with E-state index in [0.717, 1.165) is 31.6 Å². The molecule has 0 radical (unpaired) electrons. The van der Waals surface area contributed by atoms with Crippen LogP contribution in [0.25, 0.3) is 0 Å². The molecule has 130 valence electrons.